The molecule has 0 saturated carbocycles. The molecule has 0 aromatic carbocycles. The van der Waals surface area contributed by atoms with E-state index in [1.54, 1.807) is 0 Å². The van der Waals surface area contributed by atoms with Gasteiger partial charge in [0.15, 0.2) is 0 Å². The molecule has 3 N–H and O–H groups in total. The first-order valence-corrected chi connectivity index (χ1v) is 2.22. The molecule has 0 aromatic heterocycles. The maximum absolute atomic E-state index is 10.4. The van der Waals surface area contributed by atoms with E-state index in [0.717, 1.165) is 0 Å². The summed E-state index contributed by atoms with van der Waals surface area (Å²) in [6.07, 6.45) is 0.166. The van der Waals surface area contributed by atoms with Gasteiger partial charge < -0.3 is 5.48 Å². The minimum absolute atomic E-state index is 0. The minimum Gasteiger partial charge on any atom is -0.412 e. The molecule has 0 atom stereocenters. The number of carbonyl (C=O) groups excluding carboxylic acids is 2. The number of rotatable bonds is 0. The third kappa shape index (κ3) is 1.36. The van der Waals surface area contributed by atoms with E-state index in [2.05, 4.69) is 11.9 Å². The first-order chi connectivity index (χ1) is 3.70. The van der Waals surface area contributed by atoms with Gasteiger partial charge in [0, 0.05) is 5.57 Å². The standard InChI is InChI=1S/C5H5NO2.H2O/c1-3-2-4(7)6-5(3)8;/h1-2H2,(H,6,7,8);1H2. The number of hydrogen-bond acceptors (Lipinski definition) is 2. The average Bonchev–Trinajstić information content (AvgIpc) is 1.85. The molecule has 1 saturated heterocycles. The minimum atomic E-state index is -0.338. The Labute approximate surface area is 51.9 Å². The quantitative estimate of drug-likeness (QED) is 0.328. The van der Waals surface area contributed by atoms with Gasteiger partial charge in [0.25, 0.3) is 5.91 Å². The van der Waals surface area contributed by atoms with E-state index in [4.69, 9.17) is 0 Å². The molecule has 50 valence electrons. The fourth-order valence-corrected chi connectivity index (χ4v) is 0.533. The number of carbonyl (C=O) groups is 2. The van der Waals surface area contributed by atoms with E-state index in [-0.39, 0.29) is 23.7 Å². The lowest BCUT2D eigenvalue weighted by molar-refractivity contribution is -0.124. The molecule has 4 heteroatoms. The molecule has 1 heterocycles. The number of nitrogens with one attached hydrogen (secondary N) is 1. The molecule has 4 nitrogen and oxygen atoms in total. The first kappa shape index (κ1) is 7.84. The Bertz CT molecular complexity index is 155. The van der Waals surface area contributed by atoms with Gasteiger partial charge in [0.1, 0.15) is 0 Å². The molecule has 2 amide bonds. The van der Waals surface area contributed by atoms with Crippen molar-refractivity contribution in [3.63, 3.8) is 0 Å². The fourth-order valence-electron chi connectivity index (χ4n) is 0.533. The van der Waals surface area contributed by atoms with Crippen LogP contribution >= 0.6 is 0 Å². The van der Waals surface area contributed by atoms with Gasteiger partial charge >= 0.3 is 0 Å². The normalized spacial score (nSPS) is 17.1. The van der Waals surface area contributed by atoms with E-state index < -0.39 is 0 Å². The van der Waals surface area contributed by atoms with Crippen LogP contribution in [0.3, 0.4) is 0 Å². The summed E-state index contributed by atoms with van der Waals surface area (Å²) in [5, 5.41) is 2.09. The van der Waals surface area contributed by atoms with E-state index >= 15 is 0 Å². The highest BCUT2D eigenvalue weighted by Crippen LogP contribution is 2.03. The monoisotopic (exact) mass is 129 g/mol. The van der Waals surface area contributed by atoms with Crippen molar-refractivity contribution in [1.29, 1.82) is 0 Å². The maximum Gasteiger partial charge on any atom is 0.253 e. The zero-order chi connectivity index (χ0) is 6.15. The highest BCUT2D eigenvalue weighted by Gasteiger charge is 2.20. The predicted octanol–water partition coefficient (Wildman–Crippen LogP) is -1.24. The molecular weight excluding hydrogens is 122 g/mol. The molecule has 0 aliphatic carbocycles. The average molecular weight is 129 g/mol. The van der Waals surface area contributed by atoms with Crippen molar-refractivity contribution < 1.29 is 15.1 Å². The molecule has 9 heavy (non-hydrogen) atoms. The molecule has 0 aromatic rings. The maximum atomic E-state index is 10.4. The van der Waals surface area contributed by atoms with Crippen LogP contribution in [0.15, 0.2) is 12.2 Å². The third-order valence-electron chi connectivity index (χ3n) is 0.948. The molecule has 0 radical (unpaired) electrons. The topological polar surface area (TPSA) is 77.7 Å². The van der Waals surface area contributed by atoms with Crippen LogP contribution in [-0.4, -0.2) is 17.3 Å². The first-order valence-electron chi connectivity index (χ1n) is 2.22. The van der Waals surface area contributed by atoms with Crippen LogP contribution in [0.1, 0.15) is 6.42 Å². The Morgan fingerprint density at radius 1 is 1.44 bits per heavy atom. The smallest absolute Gasteiger partial charge is 0.253 e. The Morgan fingerprint density at radius 3 is 2.11 bits per heavy atom. The zero-order valence-electron chi connectivity index (χ0n) is 4.73. The van der Waals surface area contributed by atoms with Crippen molar-refractivity contribution in [1.82, 2.24) is 5.32 Å². The molecule has 1 rings (SSSR count). The van der Waals surface area contributed by atoms with E-state index in [0.29, 0.717) is 5.57 Å². The molecule has 1 aliphatic rings. The summed E-state index contributed by atoms with van der Waals surface area (Å²) in [7, 11) is 0. The van der Waals surface area contributed by atoms with Crippen LogP contribution in [0.4, 0.5) is 0 Å². The van der Waals surface area contributed by atoms with E-state index in [9.17, 15) is 9.59 Å². The number of hydrogen-bond donors (Lipinski definition) is 1. The van der Waals surface area contributed by atoms with Gasteiger partial charge in [-0.3, -0.25) is 14.9 Å². The van der Waals surface area contributed by atoms with Gasteiger partial charge in [-0.25, -0.2) is 0 Å². The Hall–Kier alpha value is -1.16. The summed E-state index contributed by atoms with van der Waals surface area (Å²) in [5.74, 6) is -0.588. The van der Waals surface area contributed by atoms with E-state index in [1.807, 2.05) is 0 Å². The summed E-state index contributed by atoms with van der Waals surface area (Å²) < 4.78 is 0. The Morgan fingerprint density at radius 2 is 2.00 bits per heavy atom. The molecule has 1 fully saturated rings. The van der Waals surface area contributed by atoms with Crippen LogP contribution in [0.5, 0.6) is 0 Å². The molecule has 0 unspecified atom stereocenters. The van der Waals surface area contributed by atoms with Crippen molar-refractivity contribution in [2.75, 3.05) is 0 Å². The Balaban J connectivity index is 0.000000640. The lowest BCUT2D eigenvalue weighted by atomic mass is 10.3. The predicted molar refractivity (Wildman–Crippen MR) is 30.5 cm³/mol. The highest BCUT2D eigenvalue weighted by atomic mass is 16.2. The Kier molecular flexibility index (Phi) is 2.10. The highest BCUT2D eigenvalue weighted by molar-refractivity contribution is 6.12. The molecule has 0 bridgehead atoms. The molecule has 1 aliphatic heterocycles. The molecule has 0 spiro atoms. The van der Waals surface area contributed by atoms with Crippen molar-refractivity contribution in [3.8, 4) is 0 Å². The second-order valence-electron chi connectivity index (χ2n) is 1.66. The number of imide groups is 1. The van der Waals surface area contributed by atoms with Gasteiger partial charge in [0.2, 0.25) is 5.91 Å². The largest absolute Gasteiger partial charge is 0.412 e. The van der Waals surface area contributed by atoms with Crippen LogP contribution in [0, 0.1) is 0 Å². The summed E-state index contributed by atoms with van der Waals surface area (Å²) in [6.45, 7) is 3.35. The second kappa shape index (κ2) is 2.41. The lowest BCUT2D eigenvalue weighted by Crippen LogP contribution is -2.19. The summed E-state index contributed by atoms with van der Waals surface area (Å²) in [5.41, 5.74) is 0.356. The van der Waals surface area contributed by atoms with Gasteiger partial charge in [-0.2, -0.15) is 0 Å². The third-order valence-corrected chi connectivity index (χ3v) is 0.948. The number of amides is 2. The fraction of sp³-hybridized carbons (Fsp3) is 0.200. The van der Waals surface area contributed by atoms with Crippen LogP contribution < -0.4 is 5.32 Å². The summed E-state index contributed by atoms with van der Waals surface area (Å²) in [6, 6.07) is 0. The van der Waals surface area contributed by atoms with Crippen LogP contribution in [0.2, 0.25) is 0 Å². The summed E-state index contributed by atoms with van der Waals surface area (Å²) >= 11 is 0. The summed E-state index contributed by atoms with van der Waals surface area (Å²) in [4.78, 5) is 20.6. The van der Waals surface area contributed by atoms with Gasteiger partial charge in [-0.15, -0.1) is 0 Å². The van der Waals surface area contributed by atoms with E-state index in [1.165, 1.54) is 0 Å². The second-order valence-corrected chi connectivity index (χ2v) is 1.66. The van der Waals surface area contributed by atoms with Gasteiger partial charge in [-0.05, 0) is 0 Å². The van der Waals surface area contributed by atoms with Crippen molar-refractivity contribution in [2.24, 2.45) is 0 Å². The van der Waals surface area contributed by atoms with Crippen LogP contribution in [0.25, 0.3) is 0 Å². The molecular formula is C5H7NO3. The zero-order valence-corrected chi connectivity index (χ0v) is 4.73. The van der Waals surface area contributed by atoms with Gasteiger partial charge in [-0.1, -0.05) is 6.58 Å². The van der Waals surface area contributed by atoms with Crippen molar-refractivity contribution in [2.45, 2.75) is 6.42 Å². The van der Waals surface area contributed by atoms with Crippen molar-refractivity contribution >= 4 is 11.8 Å². The lowest BCUT2D eigenvalue weighted by Gasteiger charge is -1.80. The van der Waals surface area contributed by atoms with Crippen molar-refractivity contribution in [3.05, 3.63) is 12.2 Å². The SMILES string of the molecule is C=C1CC(=O)NC1=O.O. The van der Waals surface area contributed by atoms with Gasteiger partial charge in [0.05, 0.1) is 6.42 Å². The van der Waals surface area contributed by atoms with Crippen LogP contribution in [-0.2, 0) is 9.59 Å².